The van der Waals surface area contributed by atoms with Gasteiger partial charge in [-0.1, -0.05) is 18.2 Å². The van der Waals surface area contributed by atoms with Crippen LogP contribution in [0.4, 0.5) is 5.13 Å². The van der Waals surface area contributed by atoms with E-state index in [1.807, 2.05) is 29.6 Å². The largest absolute Gasteiger partial charge is 0.373 e. The molecule has 1 fully saturated rings. The molecule has 0 spiro atoms. The first-order valence-corrected chi connectivity index (χ1v) is 9.53. The highest BCUT2D eigenvalue weighted by Gasteiger charge is 2.23. The first kappa shape index (κ1) is 17.1. The molecule has 3 aromatic rings. The van der Waals surface area contributed by atoms with Crippen molar-refractivity contribution in [2.24, 2.45) is 0 Å². The number of rotatable bonds is 4. The summed E-state index contributed by atoms with van der Waals surface area (Å²) in [6.45, 7) is 6.72. The zero-order chi connectivity index (χ0) is 18.1. The second-order valence-electron chi connectivity index (χ2n) is 6.67. The number of hydrogen-bond acceptors (Lipinski definition) is 6. The average molecular weight is 371 g/mol. The predicted molar refractivity (Wildman–Crippen MR) is 101 cm³/mol. The maximum atomic E-state index is 12.5. The Bertz CT molecular complexity index is 911. The molecule has 8 heteroatoms. The molecule has 1 aromatic carbocycles. The fraction of sp³-hybridized carbons (Fsp3) is 0.389. The van der Waals surface area contributed by atoms with Crippen molar-refractivity contribution >= 4 is 33.3 Å². The van der Waals surface area contributed by atoms with Crippen LogP contribution >= 0.6 is 11.3 Å². The van der Waals surface area contributed by atoms with Crippen LogP contribution in [0, 0.1) is 0 Å². The highest BCUT2D eigenvalue weighted by atomic mass is 32.1. The fourth-order valence-corrected chi connectivity index (χ4v) is 4.07. The van der Waals surface area contributed by atoms with Gasteiger partial charge in [0, 0.05) is 30.4 Å². The highest BCUT2D eigenvalue weighted by Crippen LogP contribution is 2.21. The molecule has 4 rings (SSSR count). The van der Waals surface area contributed by atoms with Crippen LogP contribution in [0.5, 0.6) is 0 Å². The van der Waals surface area contributed by atoms with Gasteiger partial charge in [0.1, 0.15) is 0 Å². The van der Waals surface area contributed by atoms with Gasteiger partial charge >= 0.3 is 0 Å². The van der Waals surface area contributed by atoms with Crippen LogP contribution in [0.15, 0.2) is 29.6 Å². The Hall–Kier alpha value is -2.29. The van der Waals surface area contributed by atoms with E-state index in [4.69, 9.17) is 4.74 Å². The van der Waals surface area contributed by atoms with Gasteiger partial charge in [-0.05, 0) is 19.9 Å². The highest BCUT2D eigenvalue weighted by molar-refractivity contribution is 7.14. The summed E-state index contributed by atoms with van der Waals surface area (Å²) in [4.78, 5) is 19.4. The molecule has 1 aliphatic rings. The monoisotopic (exact) mass is 371 g/mol. The topological polar surface area (TPSA) is 83.1 Å². The van der Waals surface area contributed by atoms with Crippen molar-refractivity contribution in [1.82, 2.24) is 20.1 Å². The van der Waals surface area contributed by atoms with Crippen LogP contribution in [0.3, 0.4) is 0 Å². The van der Waals surface area contributed by atoms with Gasteiger partial charge < -0.3 is 4.74 Å². The molecule has 7 nitrogen and oxygen atoms in total. The number of aromatic nitrogens is 3. The number of thiazole rings is 1. The number of amides is 1. The number of benzene rings is 1. The van der Waals surface area contributed by atoms with Crippen LogP contribution in [0.2, 0.25) is 0 Å². The van der Waals surface area contributed by atoms with Gasteiger partial charge in [-0.15, -0.1) is 11.3 Å². The molecule has 1 saturated heterocycles. The van der Waals surface area contributed by atoms with E-state index in [2.05, 4.69) is 39.2 Å². The second kappa shape index (κ2) is 7.14. The summed E-state index contributed by atoms with van der Waals surface area (Å²) in [5.74, 6) is -0.253. The molecule has 136 valence electrons. The first-order chi connectivity index (χ1) is 12.6. The molecular weight excluding hydrogens is 350 g/mol. The molecule has 0 saturated carbocycles. The fourth-order valence-electron chi connectivity index (χ4n) is 3.37. The summed E-state index contributed by atoms with van der Waals surface area (Å²) >= 11 is 1.43. The van der Waals surface area contributed by atoms with Gasteiger partial charge in [0.25, 0.3) is 5.91 Å². The molecule has 2 N–H and O–H groups in total. The molecule has 26 heavy (non-hydrogen) atoms. The molecule has 1 aliphatic heterocycles. The number of ether oxygens (including phenoxy) is 1. The van der Waals surface area contributed by atoms with Gasteiger partial charge in [-0.2, -0.15) is 5.10 Å². The Morgan fingerprint density at radius 2 is 2.12 bits per heavy atom. The summed E-state index contributed by atoms with van der Waals surface area (Å²) < 4.78 is 5.76. The Morgan fingerprint density at radius 1 is 1.35 bits per heavy atom. The lowest BCUT2D eigenvalue weighted by molar-refractivity contribution is -0.0707. The summed E-state index contributed by atoms with van der Waals surface area (Å²) in [7, 11) is 0. The van der Waals surface area contributed by atoms with Gasteiger partial charge in [-0.3, -0.25) is 20.1 Å². The second-order valence-corrected chi connectivity index (χ2v) is 7.53. The van der Waals surface area contributed by atoms with E-state index in [1.54, 1.807) is 0 Å². The predicted octanol–water partition coefficient (Wildman–Crippen LogP) is 2.88. The number of aromatic amines is 1. The summed E-state index contributed by atoms with van der Waals surface area (Å²) in [6.07, 6.45) is 0.453. The van der Waals surface area contributed by atoms with Crippen molar-refractivity contribution in [2.45, 2.75) is 32.6 Å². The number of fused-ring (bicyclic) bond motifs is 1. The molecule has 2 unspecified atom stereocenters. The lowest BCUT2D eigenvalue weighted by atomic mass is 10.2. The Morgan fingerprint density at radius 3 is 2.92 bits per heavy atom. The van der Waals surface area contributed by atoms with E-state index in [0.717, 1.165) is 36.2 Å². The Kier molecular flexibility index (Phi) is 4.71. The van der Waals surface area contributed by atoms with E-state index in [9.17, 15) is 4.79 Å². The summed E-state index contributed by atoms with van der Waals surface area (Å²) in [6, 6.07) is 7.57. The van der Waals surface area contributed by atoms with Crippen molar-refractivity contribution in [3.63, 3.8) is 0 Å². The number of H-pyrrole nitrogens is 1. The zero-order valence-electron chi connectivity index (χ0n) is 14.7. The van der Waals surface area contributed by atoms with Crippen LogP contribution in [-0.4, -0.2) is 51.3 Å². The number of nitrogens with one attached hydrogen (secondary N) is 2. The summed E-state index contributed by atoms with van der Waals surface area (Å²) in [5.41, 5.74) is 2.18. The minimum atomic E-state index is -0.253. The number of nitrogens with zero attached hydrogens (tertiary/aromatic N) is 3. The van der Waals surface area contributed by atoms with Crippen molar-refractivity contribution in [3.05, 3.63) is 41.0 Å². The van der Waals surface area contributed by atoms with Crippen molar-refractivity contribution in [1.29, 1.82) is 0 Å². The minimum Gasteiger partial charge on any atom is -0.373 e. The number of carbonyl (C=O) groups is 1. The van der Waals surface area contributed by atoms with Gasteiger partial charge in [0.05, 0.1) is 23.4 Å². The van der Waals surface area contributed by atoms with E-state index in [-0.39, 0.29) is 18.1 Å². The van der Waals surface area contributed by atoms with Crippen LogP contribution in [0.25, 0.3) is 10.9 Å². The number of morpholine rings is 1. The molecule has 2 aromatic heterocycles. The van der Waals surface area contributed by atoms with Crippen LogP contribution in [0.1, 0.15) is 30.0 Å². The molecule has 2 atom stereocenters. The smallest absolute Gasteiger partial charge is 0.278 e. The molecule has 1 amide bonds. The Labute approximate surface area is 155 Å². The molecule has 0 aliphatic carbocycles. The number of hydrogen-bond donors (Lipinski definition) is 2. The molecule has 0 bridgehead atoms. The SMILES string of the molecule is CC1CN(Cc2csc(NC(=O)c3n[nH]c4ccccc34)n2)CC(C)O1. The van der Waals surface area contributed by atoms with Gasteiger partial charge in [0.2, 0.25) is 0 Å². The molecular formula is C18H21N5O2S. The van der Waals surface area contributed by atoms with E-state index in [1.165, 1.54) is 11.3 Å². The molecule has 0 radical (unpaired) electrons. The van der Waals surface area contributed by atoms with E-state index >= 15 is 0 Å². The van der Waals surface area contributed by atoms with Crippen molar-refractivity contribution in [2.75, 3.05) is 18.4 Å². The van der Waals surface area contributed by atoms with E-state index in [0.29, 0.717) is 10.8 Å². The third-order valence-electron chi connectivity index (χ3n) is 4.34. The first-order valence-electron chi connectivity index (χ1n) is 8.65. The maximum Gasteiger partial charge on any atom is 0.278 e. The van der Waals surface area contributed by atoms with Crippen molar-refractivity contribution in [3.8, 4) is 0 Å². The minimum absolute atomic E-state index is 0.226. The zero-order valence-corrected chi connectivity index (χ0v) is 15.5. The van der Waals surface area contributed by atoms with Crippen molar-refractivity contribution < 1.29 is 9.53 Å². The van der Waals surface area contributed by atoms with E-state index < -0.39 is 0 Å². The normalized spacial score (nSPS) is 21.2. The standard InChI is InChI=1S/C18H21N5O2S/c1-11-7-23(8-12(2)25-11)9-13-10-26-18(19-13)20-17(24)16-14-5-3-4-6-15(14)21-22-16/h3-6,10-12H,7-9H2,1-2H3,(H,21,22)(H,19,20,24). The van der Waals surface area contributed by atoms with Crippen LogP contribution in [-0.2, 0) is 11.3 Å². The number of para-hydroxylation sites is 1. The maximum absolute atomic E-state index is 12.5. The van der Waals surface area contributed by atoms with Crippen LogP contribution < -0.4 is 5.32 Å². The van der Waals surface area contributed by atoms with Gasteiger partial charge in [0.15, 0.2) is 10.8 Å². The third kappa shape index (κ3) is 3.62. The summed E-state index contributed by atoms with van der Waals surface area (Å²) in [5, 5.41) is 13.2. The quantitative estimate of drug-likeness (QED) is 0.737. The number of carbonyl (C=O) groups excluding carboxylic acids is 1. The lowest BCUT2D eigenvalue weighted by Crippen LogP contribution is -2.44. The number of anilines is 1. The Balaban J connectivity index is 1.42. The average Bonchev–Trinajstić information content (AvgIpc) is 3.20. The lowest BCUT2D eigenvalue weighted by Gasteiger charge is -2.34. The van der Waals surface area contributed by atoms with Gasteiger partial charge in [-0.25, -0.2) is 4.98 Å². The molecule has 3 heterocycles. The third-order valence-corrected chi connectivity index (χ3v) is 5.15.